The van der Waals surface area contributed by atoms with E-state index in [4.69, 9.17) is 0 Å². The molecule has 2 fully saturated rings. The van der Waals surface area contributed by atoms with Gasteiger partial charge < -0.3 is 0 Å². The van der Waals surface area contributed by atoms with Crippen LogP contribution in [0.2, 0.25) is 0 Å². The Bertz CT molecular complexity index is 558. The normalized spacial score (nSPS) is 26.0. The third kappa shape index (κ3) is 3.64. The van der Waals surface area contributed by atoms with Crippen LogP contribution in [0.25, 0.3) is 0 Å². The van der Waals surface area contributed by atoms with E-state index >= 15 is 0 Å². The van der Waals surface area contributed by atoms with Crippen LogP contribution in [0.15, 0.2) is 24.3 Å². The second-order valence-electron chi connectivity index (χ2n) is 6.54. The number of hydrazine groups is 1. The molecule has 0 spiro atoms. The Balaban J connectivity index is 1.39. The van der Waals surface area contributed by atoms with Gasteiger partial charge in [-0.15, -0.1) is 0 Å². The first-order valence-corrected chi connectivity index (χ1v) is 7.92. The molecule has 2 N–H and O–H groups in total. The van der Waals surface area contributed by atoms with Gasteiger partial charge in [-0.25, -0.2) is 4.39 Å². The van der Waals surface area contributed by atoms with E-state index < -0.39 is 0 Å². The molecule has 1 aromatic rings. The molecule has 0 aliphatic heterocycles. The Morgan fingerprint density at radius 2 is 1.77 bits per heavy atom. The van der Waals surface area contributed by atoms with Crippen LogP contribution in [0, 0.1) is 23.6 Å². The zero-order valence-electron chi connectivity index (χ0n) is 12.5. The first-order chi connectivity index (χ1) is 10.6. The molecular formula is C17H21FN2O2. The Hall–Kier alpha value is -1.91. The van der Waals surface area contributed by atoms with Gasteiger partial charge in [-0.05, 0) is 54.7 Å². The van der Waals surface area contributed by atoms with Gasteiger partial charge in [-0.1, -0.05) is 18.6 Å². The van der Waals surface area contributed by atoms with Gasteiger partial charge in [0.15, 0.2) is 0 Å². The van der Waals surface area contributed by atoms with E-state index in [0.29, 0.717) is 23.8 Å². The Labute approximate surface area is 129 Å². The molecule has 0 aromatic heterocycles. The van der Waals surface area contributed by atoms with Crippen molar-refractivity contribution in [2.75, 3.05) is 0 Å². The minimum absolute atomic E-state index is 0.120. The SMILES string of the molecule is O=C(Cc1ccc(F)cc1)NNC(=O)C[C@H]1C[C@@H]2CC[C@@H]1C2. The fraction of sp³-hybridized carbons (Fsp3) is 0.529. The molecule has 0 saturated heterocycles. The molecular weight excluding hydrogens is 283 g/mol. The van der Waals surface area contributed by atoms with Crippen LogP contribution in [0.4, 0.5) is 4.39 Å². The van der Waals surface area contributed by atoms with E-state index in [9.17, 15) is 14.0 Å². The molecule has 3 atom stereocenters. The van der Waals surface area contributed by atoms with Crippen LogP contribution < -0.4 is 10.9 Å². The fourth-order valence-electron chi connectivity index (χ4n) is 3.89. The maximum absolute atomic E-state index is 12.8. The van der Waals surface area contributed by atoms with Crippen molar-refractivity contribution in [3.63, 3.8) is 0 Å². The Kier molecular flexibility index (Phi) is 4.41. The summed E-state index contributed by atoms with van der Waals surface area (Å²) in [4.78, 5) is 23.6. The van der Waals surface area contributed by atoms with Crippen LogP contribution in [0.3, 0.4) is 0 Å². The number of amides is 2. The fourth-order valence-corrected chi connectivity index (χ4v) is 3.89. The summed E-state index contributed by atoms with van der Waals surface area (Å²) in [5.74, 6) is 1.25. The predicted octanol–water partition coefficient (Wildman–Crippen LogP) is 2.34. The number of halogens is 1. The molecule has 22 heavy (non-hydrogen) atoms. The summed E-state index contributed by atoms with van der Waals surface area (Å²) >= 11 is 0. The topological polar surface area (TPSA) is 58.2 Å². The number of hydrogen-bond acceptors (Lipinski definition) is 2. The Morgan fingerprint density at radius 1 is 1.05 bits per heavy atom. The predicted molar refractivity (Wildman–Crippen MR) is 79.9 cm³/mol. The number of nitrogens with one attached hydrogen (secondary N) is 2. The second kappa shape index (κ2) is 6.46. The molecule has 0 radical (unpaired) electrons. The lowest BCUT2D eigenvalue weighted by Crippen LogP contribution is -2.43. The number of hydrogen-bond donors (Lipinski definition) is 2. The molecule has 2 amide bonds. The maximum Gasteiger partial charge on any atom is 0.242 e. The summed E-state index contributed by atoms with van der Waals surface area (Å²) in [6.07, 6.45) is 5.61. The number of carbonyl (C=O) groups excluding carboxylic acids is 2. The van der Waals surface area contributed by atoms with E-state index in [0.717, 1.165) is 12.3 Å². The third-order valence-electron chi connectivity index (χ3n) is 4.95. The molecule has 3 rings (SSSR count). The molecule has 2 bridgehead atoms. The van der Waals surface area contributed by atoms with Gasteiger partial charge in [0.1, 0.15) is 5.82 Å². The monoisotopic (exact) mass is 304 g/mol. The molecule has 2 saturated carbocycles. The van der Waals surface area contributed by atoms with Crippen molar-refractivity contribution in [3.05, 3.63) is 35.6 Å². The van der Waals surface area contributed by atoms with Crippen molar-refractivity contribution >= 4 is 11.8 Å². The summed E-state index contributed by atoms with van der Waals surface area (Å²) < 4.78 is 12.8. The highest BCUT2D eigenvalue weighted by atomic mass is 19.1. The van der Waals surface area contributed by atoms with Gasteiger partial charge in [0.05, 0.1) is 6.42 Å². The van der Waals surface area contributed by atoms with E-state index in [-0.39, 0.29) is 24.1 Å². The zero-order chi connectivity index (χ0) is 15.5. The lowest BCUT2D eigenvalue weighted by Gasteiger charge is -2.20. The third-order valence-corrected chi connectivity index (χ3v) is 4.95. The number of carbonyl (C=O) groups is 2. The number of benzene rings is 1. The highest BCUT2D eigenvalue weighted by Gasteiger charge is 2.40. The second-order valence-corrected chi connectivity index (χ2v) is 6.54. The summed E-state index contributed by atoms with van der Waals surface area (Å²) in [6, 6.07) is 5.75. The molecule has 5 heteroatoms. The van der Waals surface area contributed by atoms with Gasteiger partial charge in [-0.2, -0.15) is 0 Å². The van der Waals surface area contributed by atoms with E-state index in [1.807, 2.05) is 0 Å². The lowest BCUT2D eigenvalue weighted by molar-refractivity contribution is -0.129. The average Bonchev–Trinajstić information content (AvgIpc) is 3.10. The highest BCUT2D eigenvalue weighted by molar-refractivity contribution is 5.83. The van der Waals surface area contributed by atoms with Crippen LogP contribution in [-0.2, 0) is 16.0 Å². The van der Waals surface area contributed by atoms with Crippen molar-refractivity contribution in [1.82, 2.24) is 10.9 Å². The molecule has 2 aliphatic carbocycles. The van der Waals surface area contributed by atoms with Crippen molar-refractivity contribution < 1.29 is 14.0 Å². The average molecular weight is 304 g/mol. The molecule has 2 aliphatic rings. The summed E-state index contributed by atoms with van der Waals surface area (Å²) in [5.41, 5.74) is 5.63. The standard InChI is InChI=1S/C17H21FN2O2/c18-15-5-2-11(3-6-15)9-16(21)19-20-17(22)10-14-8-12-1-4-13(14)7-12/h2-3,5-6,12-14H,1,4,7-10H2,(H,19,21)(H,20,22)/t12-,13-,14-/m1/s1. The maximum atomic E-state index is 12.8. The summed E-state index contributed by atoms with van der Waals surface area (Å²) in [7, 11) is 0. The van der Waals surface area contributed by atoms with Crippen molar-refractivity contribution in [2.45, 2.75) is 38.5 Å². The van der Waals surface area contributed by atoms with Gasteiger partial charge in [-0.3, -0.25) is 20.4 Å². The summed E-state index contributed by atoms with van der Waals surface area (Å²) in [5, 5.41) is 0. The first-order valence-electron chi connectivity index (χ1n) is 7.92. The smallest absolute Gasteiger partial charge is 0.242 e. The van der Waals surface area contributed by atoms with E-state index in [2.05, 4.69) is 10.9 Å². The van der Waals surface area contributed by atoms with Crippen LogP contribution in [-0.4, -0.2) is 11.8 Å². The molecule has 1 aromatic carbocycles. The number of fused-ring (bicyclic) bond motifs is 2. The Morgan fingerprint density at radius 3 is 2.41 bits per heavy atom. The van der Waals surface area contributed by atoms with Crippen LogP contribution >= 0.6 is 0 Å². The van der Waals surface area contributed by atoms with Gasteiger partial charge in [0, 0.05) is 6.42 Å². The molecule has 0 heterocycles. The minimum atomic E-state index is -0.330. The molecule has 0 unspecified atom stereocenters. The lowest BCUT2D eigenvalue weighted by atomic mass is 9.86. The first kappa shape index (κ1) is 15.0. The van der Waals surface area contributed by atoms with Gasteiger partial charge in [0.2, 0.25) is 11.8 Å². The highest BCUT2D eigenvalue weighted by Crippen LogP contribution is 2.49. The van der Waals surface area contributed by atoms with Crippen LogP contribution in [0.1, 0.15) is 37.7 Å². The zero-order valence-corrected chi connectivity index (χ0v) is 12.5. The van der Waals surface area contributed by atoms with Crippen molar-refractivity contribution in [3.8, 4) is 0 Å². The quantitative estimate of drug-likeness (QED) is 0.839. The minimum Gasteiger partial charge on any atom is -0.273 e. The van der Waals surface area contributed by atoms with E-state index in [1.54, 1.807) is 12.1 Å². The summed E-state index contributed by atoms with van der Waals surface area (Å²) in [6.45, 7) is 0. The largest absolute Gasteiger partial charge is 0.273 e. The molecule has 118 valence electrons. The van der Waals surface area contributed by atoms with Gasteiger partial charge in [0.25, 0.3) is 0 Å². The van der Waals surface area contributed by atoms with Crippen molar-refractivity contribution in [2.24, 2.45) is 17.8 Å². The van der Waals surface area contributed by atoms with Crippen molar-refractivity contribution in [1.29, 1.82) is 0 Å². The van der Waals surface area contributed by atoms with Crippen LogP contribution in [0.5, 0.6) is 0 Å². The number of rotatable bonds is 4. The van der Waals surface area contributed by atoms with E-state index in [1.165, 1.54) is 31.4 Å². The molecule has 4 nitrogen and oxygen atoms in total. The van der Waals surface area contributed by atoms with Gasteiger partial charge >= 0.3 is 0 Å².